The van der Waals surface area contributed by atoms with Gasteiger partial charge in [-0.15, -0.1) is 0 Å². The summed E-state index contributed by atoms with van der Waals surface area (Å²) < 4.78 is 31.2. The number of carbonyl (C=O) groups is 2. The second-order valence-electron chi connectivity index (χ2n) is 6.06. The second kappa shape index (κ2) is 8.79. The van der Waals surface area contributed by atoms with Crippen LogP contribution in [0, 0.1) is 13.8 Å². The van der Waals surface area contributed by atoms with Crippen LogP contribution in [-0.2, 0) is 30.8 Å². The number of nitrogens with one attached hydrogen (secondary N) is 2. The Kier molecular flexibility index (Phi) is 6.70. The molecule has 7 nitrogen and oxygen atoms in total. The Bertz CT molecular complexity index is 937. The van der Waals surface area contributed by atoms with Crippen molar-refractivity contribution in [2.75, 3.05) is 19.0 Å². The minimum Gasteiger partial charge on any atom is -0.455 e. The summed E-state index contributed by atoms with van der Waals surface area (Å²) in [6.07, 6.45) is 0.0721. The number of benzene rings is 2. The van der Waals surface area contributed by atoms with Crippen molar-refractivity contribution in [3.8, 4) is 0 Å². The average Bonchev–Trinajstić information content (AvgIpc) is 2.63. The van der Waals surface area contributed by atoms with Crippen molar-refractivity contribution in [1.82, 2.24) is 4.72 Å². The van der Waals surface area contributed by atoms with Crippen molar-refractivity contribution in [1.29, 1.82) is 0 Å². The zero-order valence-electron chi connectivity index (χ0n) is 15.4. The van der Waals surface area contributed by atoms with Crippen molar-refractivity contribution in [3.05, 3.63) is 59.2 Å². The van der Waals surface area contributed by atoms with Crippen LogP contribution in [0.3, 0.4) is 0 Å². The lowest BCUT2D eigenvalue weighted by atomic mass is 10.1. The predicted octanol–water partition coefficient (Wildman–Crippen LogP) is 1.94. The lowest BCUT2D eigenvalue weighted by Gasteiger charge is -2.11. The van der Waals surface area contributed by atoms with Crippen molar-refractivity contribution in [2.24, 2.45) is 0 Å². The van der Waals surface area contributed by atoms with E-state index < -0.39 is 28.5 Å². The smallest absolute Gasteiger partial charge is 0.310 e. The zero-order chi connectivity index (χ0) is 20.0. The molecule has 2 rings (SSSR count). The molecule has 2 aromatic carbocycles. The normalized spacial score (nSPS) is 11.1. The number of rotatable bonds is 7. The summed E-state index contributed by atoms with van der Waals surface area (Å²) in [4.78, 5) is 23.9. The molecule has 0 radical (unpaired) electrons. The number of carbonyl (C=O) groups excluding carboxylic acids is 2. The molecule has 0 heterocycles. The van der Waals surface area contributed by atoms with Gasteiger partial charge in [0.2, 0.25) is 10.0 Å². The summed E-state index contributed by atoms with van der Waals surface area (Å²) in [5.74, 6) is -1.07. The molecule has 0 aliphatic carbocycles. The molecule has 0 aliphatic heterocycles. The number of hydrogen-bond acceptors (Lipinski definition) is 5. The van der Waals surface area contributed by atoms with E-state index in [2.05, 4.69) is 10.0 Å². The van der Waals surface area contributed by atoms with Crippen LogP contribution in [0.5, 0.6) is 0 Å². The SMILES string of the molecule is CNS(=O)(=O)c1cc(NC(=O)COC(=O)Cc2ccc(C)cc2)ccc1C. The first-order valence-electron chi connectivity index (χ1n) is 8.26. The predicted molar refractivity (Wildman–Crippen MR) is 102 cm³/mol. The monoisotopic (exact) mass is 390 g/mol. The highest BCUT2D eigenvalue weighted by atomic mass is 32.2. The van der Waals surface area contributed by atoms with Gasteiger partial charge < -0.3 is 10.1 Å². The van der Waals surface area contributed by atoms with Crippen molar-refractivity contribution in [3.63, 3.8) is 0 Å². The second-order valence-corrected chi connectivity index (χ2v) is 7.91. The summed E-state index contributed by atoms with van der Waals surface area (Å²) in [6, 6.07) is 12.0. The molecule has 0 aliphatic rings. The fourth-order valence-electron chi connectivity index (χ4n) is 2.34. The molecule has 0 atom stereocenters. The van der Waals surface area contributed by atoms with Gasteiger partial charge in [-0.25, -0.2) is 13.1 Å². The standard InChI is InChI=1S/C19H22N2O5S/c1-13-4-7-15(8-5-13)10-19(23)26-12-18(22)21-16-9-6-14(2)17(11-16)27(24,25)20-3/h4-9,11,20H,10,12H2,1-3H3,(H,21,22). The van der Waals surface area contributed by atoms with E-state index in [1.54, 1.807) is 19.1 Å². The molecule has 0 unspecified atom stereocenters. The number of aryl methyl sites for hydroxylation is 2. The third-order valence-electron chi connectivity index (χ3n) is 3.86. The van der Waals surface area contributed by atoms with Gasteiger partial charge in [0.15, 0.2) is 6.61 Å². The number of sulfonamides is 1. The van der Waals surface area contributed by atoms with Crippen LogP contribution in [0.1, 0.15) is 16.7 Å². The van der Waals surface area contributed by atoms with E-state index in [1.807, 2.05) is 31.2 Å². The molecule has 0 fully saturated rings. The lowest BCUT2D eigenvalue weighted by molar-refractivity contribution is -0.146. The minimum atomic E-state index is -3.64. The maximum absolute atomic E-state index is 12.0. The van der Waals surface area contributed by atoms with Gasteiger partial charge in [0.05, 0.1) is 11.3 Å². The summed E-state index contributed by atoms with van der Waals surface area (Å²) in [5, 5.41) is 2.52. The molecular formula is C19H22N2O5S. The maximum atomic E-state index is 12.0. The number of amides is 1. The summed E-state index contributed by atoms with van der Waals surface area (Å²) in [5.41, 5.74) is 2.73. The van der Waals surface area contributed by atoms with Crippen LogP contribution < -0.4 is 10.0 Å². The molecule has 0 spiro atoms. The Labute approximate surface area is 158 Å². The molecule has 1 amide bonds. The Hall–Kier alpha value is -2.71. The van der Waals surface area contributed by atoms with Gasteiger partial charge >= 0.3 is 5.97 Å². The number of ether oxygens (including phenoxy) is 1. The highest BCUT2D eigenvalue weighted by Gasteiger charge is 2.16. The average molecular weight is 390 g/mol. The van der Waals surface area contributed by atoms with Gasteiger partial charge in [-0.05, 0) is 44.2 Å². The topological polar surface area (TPSA) is 102 Å². The zero-order valence-corrected chi connectivity index (χ0v) is 16.2. The molecule has 0 saturated carbocycles. The molecule has 2 aromatic rings. The first kappa shape index (κ1) is 20.6. The lowest BCUT2D eigenvalue weighted by Crippen LogP contribution is -2.23. The molecule has 2 N–H and O–H groups in total. The van der Waals surface area contributed by atoms with E-state index in [-0.39, 0.29) is 11.3 Å². The van der Waals surface area contributed by atoms with Crippen LogP contribution in [-0.4, -0.2) is 33.9 Å². The van der Waals surface area contributed by atoms with Crippen molar-refractivity contribution >= 4 is 27.6 Å². The van der Waals surface area contributed by atoms with Crippen molar-refractivity contribution < 1.29 is 22.7 Å². The van der Waals surface area contributed by atoms with E-state index in [0.29, 0.717) is 11.3 Å². The maximum Gasteiger partial charge on any atom is 0.310 e. The highest BCUT2D eigenvalue weighted by molar-refractivity contribution is 7.89. The summed E-state index contributed by atoms with van der Waals surface area (Å²) in [7, 11) is -2.32. The largest absolute Gasteiger partial charge is 0.455 e. The van der Waals surface area contributed by atoms with Gasteiger partial charge in [0.1, 0.15) is 0 Å². The number of esters is 1. The third-order valence-corrected chi connectivity index (χ3v) is 5.42. The van der Waals surface area contributed by atoms with Crippen molar-refractivity contribution in [2.45, 2.75) is 25.2 Å². The Morgan fingerprint density at radius 3 is 2.33 bits per heavy atom. The highest BCUT2D eigenvalue weighted by Crippen LogP contribution is 2.19. The van der Waals surface area contributed by atoms with Crippen LogP contribution in [0.2, 0.25) is 0 Å². The van der Waals surface area contributed by atoms with E-state index in [4.69, 9.17) is 4.74 Å². The number of hydrogen-bond donors (Lipinski definition) is 2. The first-order valence-corrected chi connectivity index (χ1v) is 9.75. The fraction of sp³-hybridized carbons (Fsp3) is 0.263. The Morgan fingerprint density at radius 1 is 1.04 bits per heavy atom. The van der Waals surface area contributed by atoms with E-state index in [0.717, 1.165) is 11.1 Å². The third kappa shape index (κ3) is 5.90. The molecule has 27 heavy (non-hydrogen) atoms. The van der Waals surface area contributed by atoms with Gasteiger partial charge in [0, 0.05) is 5.69 Å². The minimum absolute atomic E-state index is 0.0687. The fourth-order valence-corrected chi connectivity index (χ4v) is 3.34. The first-order chi connectivity index (χ1) is 12.7. The van der Waals surface area contributed by atoms with Crippen LogP contribution in [0.25, 0.3) is 0 Å². The summed E-state index contributed by atoms with van der Waals surface area (Å²) in [6.45, 7) is 3.15. The van der Waals surface area contributed by atoms with Gasteiger partial charge in [-0.1, -0.05) is 35.9 Å². The Balaban J connectivity index is 1.93. The molecule has 0 aromatic heterocycles. The Morgan fingerprint density at radius 2 is 1.70 bits per heavy atom. The molecule has 0 bridgehead atoms. The van der Waals surface area contributed by atoms with Gasteiger partial charge in [-0.3, -0.25) is 9.59 Å². The number of anilines is 1. The summed E-state index contributed by atoms with van der Waals surface area (Å²) >= 11 is 0. The van der Waals surface area contributed by atoms with Crippen LogP contribution in [0.15, 0.2) is 47.4 Å². The van der Waals surface area contributed by atoms with Gasteiger partial charge in [-0.2, -0.15) is 0 Å². The van der Waals surface area contributed by atoms with Gasteiger partial charge in [0.25, 0.3) is 5.91 Å². The van der Waals surface area contributed by atoms with Crippen LogP contribution >= 0.6 is 0 Å². The molecule has 144 valence electrons. The van der Waals surface area contributed by atoms with Crippen LogP contribution in [0.4, 0.5) is 5.69 Å². The van der Waals surface area contributed by atoms with E-state index >= 15 is 0 Å². The van der Waals surface area contributed by atoms with E-state index in [1.165, 1.54) is 13.1 Å². The molecule has 8 heteroatoms. The molecule has 0 saturated heterocycles. The quantitative estimate of drug-likeness (QED) is 0.704. The molecular weight excluding hydrogens is 368 g/mol. The van der Waals surface area contributed by atoms with E-state index in [9.17, 15) is 18.0 Å².